The molecule has 3 aromatic rings. The highest BCUT2D eigenvalue weighted by Crippen LogP contribution is 2.34. The van der Waals surface area contributed by atoms with E-state index in [2.05, 4.69) is 17.2 Å². The van der Waals surface area contributed by atoms with Gasteiger partial charge < -0.3 is 5.32 Å². The number of fused-ring (bicyclic) bond motifs is 2. The maximum Gasteiger partial charge on any atom is 0.268 e. The number of anilines is 1. The molecule has 0 fully saturated rings. The number of nitrogens with zero attached hydrogens (tertiary/aromatic N) is 2. The number of amides is 1. The maximum atomic E-state index is 12.7. The lowest BCUT2D eigenvalue weighted by atomic mass is 10.1. The monoisotopic (exact) mass is 411 g/mol. The summed E-state index contributed by atoms with van der Waals surface area (Å²) < 4.78 is 1.67. The van der Waals surface area contributed by atoms with Crippen LogP contribution < -0.4 is 10.9 Å². The first-order valence-corrected chi connectivity index (χ1v) is 11.1. The van der Waals surface area contributed by atoms with Crippen LogP contribution in [-0.2, 0) is 17.8 Å². The Morgan fingerprint density at radius 1 is 1.29 bits per heavy atom. The van der Waals surface area contributed by atoms with Gasteiger partial charge in [0.15, 0.2) is 5.16 Å². The predicted octanol–water partition coefficient (Wildman–Crippen LogP) is 4.18. The summed E-state index contributed by atoms with van der Waals surface area (Å²) in [5, 5.41) is 6.07. The quantitative estimate of drug-likeness (QED) is 0.504. The summed E-state index contributed by atoms with van der Waals surface area (Å²) in [5.41, 5.74) is 1.67. The topological polar surface area (TPSA) is 64.0 Å². The summed E-state index contributed by atoms with van der Waals surface area (Å²) in [6.07, 6.45) is 0.801. The molecule has 1 N–H and O–H groups in total. The SMILES string of the molecule is CCn1c(SCC(=O)Nc2cccc3ccccc23)nc2c(c1=O)SC(C)C2. The number of hydrogen-bond donors (Lipinski definition) is 1. The molecule has 5 nitrogen and oxygen atoms in total. The van der Waals surface area contributed by atoms with Gasteiger partial charge in [0.2, 0.25) is 5.91 Å². The molecule has 0 aliphatic carbocycles. The third-order valence-electron chi connectivity index (χ3n) is 4.68. The lowest BCUT2D eigenvalue weighted by Gasteiger charge is -2.12. The Hall–Kier alpha value is -2.25. The molecule has 1 atom stereocenters. The van der Waals surface area contributed by atoms with Crippen LogP contribution in [0.5, 0.6) is 0 Å². The molecule has 7 heteroatoms. The molecule has 0 saturated carbocycles. The minimum atomic E-state index is -0.110. The van der Waals surface area contributed by atoms with Crippen molar-refractivity contribution >= 4 is 45.9 Å². The third kappa shape index (κ3) is 3.69. The second-order valence-corrected chi connectivity index (χ2v) is 9.11. The zero-order chi connectivity index (χ0) is 19.7. The summed E-state index contributed by atoms with van der Waals surface area (Å²) >= 11 is 2.92. The first-order chi connectivity index (χ1) is 13.6. The van der Waals surface area contributed by atoms with E-state index in [1.807, 2.05) is 49.4 Å². The lowest BCUT2D eigenvalue weighted by Crippen LogP contribution is -2.25. The molecule has 1 aliphatic rings. The van der Waals surface area contributed by atoms with Gasteiger partial charge in [-0.25, -0.2) is 4.98 Å². The Labute approximate surface area is 171 Å². The van der Waals surface area contributed by atoms with Crippen molar-refractivity contribution in [3.05, 3.63) is 58.5 Å². The molecule has 1 aliphatic heterocycles. The number of thioether (sulfide) groups is 2. The number of aromatic nitrogens is 2. The van der Waals surface area contributed by atoms with Crippen molar-refractivity contribution in [3.8, 4) is 0 Å². The fourth-order valence-electron chi connectivity index (χ4n) is 3.37. The van der Waals surface area contributed by atoms with Gasteiger partial charge in [-0.3, -0.25) is 14.2 Å². The van der Waals surface area contributed by atoms with E-state index in [4.69, 9.17) is 0 Å². The maximum absolute atomic E-state index is 12.7. The van der Waals surface area contributed by atoms with Crippen molar-refractivity contribution in [2.24, 2.45) is 0 Å². The van der Waals surface area contributed by atoms with Crippen molar-refractivity contribution in [1.29, 1.82) is 0 Å². The van der Waals surface area contributed by atoms with Gasteiger partial charge in [-0.2, -0.15) is 0 Å². The molecule has 0 spiro atoms. The second kappa shape index (κ2) is 8.01. The predicted molar refractivity (Wildman–Crippen MR) is 116 cm³/mol. The standard InChI is InChI=1S/C21H21N3O2S2/c1-3-24-20(26)19-17(11-13(2)28-19)23-21(24)27-12-18(25)22-16-10-6-8-14-7-4-5-9-15(14)16/h4-10,13H,3,11-12H2,1-2H3,(H,22,25). The second-order valence-electron chi connectivity index (χ2n) is 6.72. The van der Waals surface area contributed by atoms with Crippen LogP contribution in [0.15, 0.2) is 57.3 Å². The molecule has 2 aromatic carbocycles. The highest BCUT2D eigenvalue weighted by Gasteiger charge is 2.26. The summed E-state index contributed by atoms with van der Waals surface area (Å²) in [5.74, 6) is 0.0958. The van der Waals surface area contributed by atoms with Crippen molar-refractivity contribution < 1.29 is 4.79 Å². The van der Waals surface area contributed by atoms with Gasteiger partial charge in [0, 0.05) is 29.3 Å². The number of nitrogens with one attached hydrogen (secondary N) is 1. The summed E-state index contributed by atoms with van der Waals surface area (Å²) in [6.45, 7) is 4.58. The van der Waals surface area contributed by atoms with Gasteiger partial charge in [-0.05, 0) is 18.4 Å². The largest absolute Gasteiger partial charge is 0.325 e. The Bertz CT molecular complexity index is 1110. The number of carbonyl (C=O) groups excluding carboxylic acids is 1. The van der Waals surface area contributed by atoms with Gasteiger partial charge in [-0.1, -0.05) is 55.1 Å². The highest BCUT2D eigenvalue weighted by molar-refractivity contribution is 8.00. The van der Waals surface area contributed by atoms with E-state index in [0.717, 1.165) is 33.5 Å². The number of carbonyl (C=O) groups is 1. The van der Waals surface area contributed by atoms with Crippen LogP contribution in [-0.4, -0.2) is 26.5 Å². The molecular formula is C21H21N3O2S2. The molecule has 1 aromatic heterocycles. The van der Waals surface area contributed by atoms with Crippen LogP contribution in [0.4, 0.5) is 5.69 Å². The van der Waals surface area contributed by atoms with Gasteiger partial charge in [0.25, 0.3) is 5.56 Å². The van der Waals surface area contributed by atoms with Crippen molar-refractivity contribution in [2.75, 3.05) is 11.1 Å². The van der Waals surface area contributed by atoms with Crippen molar-refractivity contribution in [3.63, 3.8) is 0 Å². The van der Waals surface area contributed by atoms with Gasteiger partial charge in [-0.15, -0.1) is 11.8 Å². The van der Waals surface area contributed by atoms with Crippen LogP contribution in [0, 0.1) is 0 Å². The van der Waals surface area contributed by atoms with E-state index in [0.29, 0.717) is 17.0 Å². The molecule has 0 bridgehead atoms. The van der Waals surface area contributed by atoms with Crippen LogP contribution in [0.25, 0.3) is 10.8 Å². The normalized spacial score (nSPS) is 15.6. The van der Waals surface area contributed by atoms with Gasteiger partial charge in [0.05, 0.1) is 16.3 Å². The van der Waals surface area contributed by atoms with E-state index in [9.17, 15) is 9.59 Å². The summed E-state index contributed by atoms with van der Waals surface area (Å²) in [7, 11) is 0. The molecule has 144 valence electrons. The lowest BCUT2D eigenvalue weighted by molar-refractivity contribution is -0.113. The summed E-state index contributed by atoms with van der Waals surface area (Å²) in [4.78, 5) is 30.7. The summed E-state index contributed by atoms with van der Waals surface area (Å²) in [6, 6.07) is 13.8. The van der Waals surface area contributed by atoms with E-state index in [1.54, 1.807) is 16.3 Å². The fraction of sp³-hybridized carbons (Fsp3) is 0.286. The van der Waals surface area contributed by atoms with Crippen LogP contribution >= 0.6 is 23.5 Å². The first kappa shape index (κ1) is 19.1. The van der Waals surface area contributed by atoms with Crippen LogP contribution in [0.2, 0.25) is 0 Å². The van der Waals surface area contributed by atoms with E-state index in [1.165, 1.54) is 11.8 Å². The average Bonchev–Trinajstić information content (AvgIpc) is 3.07. The fourth-order valence-corrected chi connectivity index (χ4v) is 5.37. The molecule has 0 saturated heterocycles. The first-order valence-electron chi connectivity index (χ1n) is 9.27. The van der Waals surface area contributed by atoms with Crippen LogP contribution in [0.1, 0.15) is 19.5 Å². The Kier molecular flexibility index (Phi) is 5.46. The molecule has 0 radical (unpaired) electrons. The Morgan fingerprint density at radius 3 is 2.89 bits per heavy atom. The van der Waals surface area contributed by atoms with E-state index >= 15 is 0 Å². The van der Waals surface area contributed by atoms with Gasteiger partial charge >= 0.3 is 0 Å². The molecule has 1 unspecified atom stereocenters. The molecule has 28 heavy (non-hydrogen) atoms. The number of benzene rings is 2. The van der Waals surface area contributed by atoms with Gasteiger partial charge in [0.1, 0.15) is 0 Å². The van der Waals surface area contributed by atoms with Crippen molar-refractivity contribution in [2.45, 2.75) is 42.1 Å². The minimum Gasteiger partial charge on any atom is -0.325 e. The smallest absolute Gasteiger partial charge is 0.268 e. The zero-order valence-corrected chi connectivity index (χ0v) is 17.4. The zero-order valence-electron chi connectivity index (χ0n) is 15.8. The van der Waals surface area contributed by atoms with E-state index in [-0.39, 0.29) is 17.2 Å². The highest BCUT2D eigenvalue weighted by atomic mass is 32.2. The molecular weight excluding hydrogens is 390 g/mol. The van der Waals surface area contributed by atoms with E-state index < -0.39 is 0 Å². The minimum absolute atomic E-state index is 0.0128. The number of hydrogen-bond acceptors (Lipinski definition) is 5. The third-order valence-corrected chi connectivity index (χ3v) is 6.87. The molecule has 4 rings (SSSR count). The average molecular weight is 412 g/mol. The molecule has 2 heterocycles. The Morgan fingerprint density at radius 2 is 2.07 bits per heavy atom. The van der Waals surface area contributed by atoms with Crippen LogP contribution in [0.3, 0.4) is 0 Å². The van der Waals surface area contributed by atoms with Crippen molar-refractivity contribution in [1.82, 2.24) is 9.55 Å². The molecule has 1 amide bonds. The Balaban J connectivity index is 1.52. The number of rotatable bonds is 5.